The summed E-state index contributed by atoms with van der Waals surface area (Å²) in [6.07, 6.45) is -3.52. The molecule has 0 saturated carbocycles. The number of aromatic carboxylic acids is 1. The molecule has 4 aromatic heterocycles. The van der Waals surface area contributed by atoms with Gasteiger partial charge in [0.1, 0.15) is 21.4 Å². The molecule has 0 aliphatic rings. The summed E-state index contributed by atoms with van der Waals surface area (Å²) in [6, 6.07) is 30.7. The van der Waals surface area contributed by atoms with Crippen LogP contribution in [0.2, 0.25) is 0 Å². The number of aryl methyl sites for hydroxylation is 2. The van der Waals surface area contributed by atoms with Crippen LogP contribution in [-0.4, -0.2) is 36.0 Å². The molecule has 6 nitrogen and oxygen atoms in total. The van der Waals surface area contributed by atoms with Gasteiger partial charge in [0.15, 0.2) is 0 Å². The van der Waals surface area contributed by atoms with E-state index in [-0.39, 0.29) is 56.6 Å². The quantitative estimate of drug-likeness (QED) is 0.0251. The zero-order chi connectivity index (χ0) is 69.7. The number of carboxylic acids is 1. The summed E-state index contributed by atoms with van der Waals surface area (Å²) in [7, 11) is 0. The Balaban J connectivity index is 1.19. The summed E-state index contributed by atoms with van der Waals surface area (Å²) >= 11 is 4.39. The van der Waals surface area contributed by atoms with Crippen molar-refractivity contribution in [2.45, 2.75) is 168 Å². The van der Waals surface area contributed by atoms with E-state index >= 15 is 0 Å². The second-order valence-corrected chi connectivity index (χ2v) is 28.3. The summed E-state index contributed by atoms with van der Waals surface area (Å²) < 4.78 is 189. The van der Waals surface area contributed by atoms with E-state index in [9.17, 15) is 62.6 Å². The Hall–Kier alpha value is -7.08. The van der Waals surface area contributed by atoms with E-state index in [0.29, 0.717) is 40.7 Å². The third-order valence-electron chi connectivity index (χ3n) is 16.7. The maximum Gasteiger partial charge on any atom is 0.416 e. The number of thiophene rings is 3. The lowest BCUT2D eigenvalue weighted by Crippen LogP contribution is -2.53. The lowest BCUT2D eigenvalue weighted by molar-refractivity contribution is -0.144. The number of carbonyl (C=O) groups is 1. The van der Waals surface area contributed by atoms with Crippen molar-refractivity contribution in [2.24, 2.45) is 0 Å². The highest BCUT2D eigenvalue weighted by Gasteiger charge is 2.43. The second-order valence-electron chi connectivity index (χ2n) is 24.1. The Morgan fingerprint density at radius 2 is 0.825 bits per heavy atom. The molecule has 0 bridgehead atoms. The van der Waals surface area contributed by atoms with E-state index in [1.807, 2.05) is 54.6 Å². The van der Waals surface area contributed by atoms with Gasteiger partial charge in [-0.25, -0.2) is 9.78 Å². The fourth-order valence-electron chi connectivity index (χ4n) is 11.7. The molecular weight excluding hydrogens is 1350 g/mol. The first-order valence-corrected chi connectivity index (χ1v) is 36.1. The molecule has 9 aromatic rings. The summed E-state index contributed by atoms with van der Waals surface area (Å²) in [4.78, 5) is 22.0. The molecule has 0 aliphatic carbocycles. The molecule has 4 heterocycles. The first-order valence-electron chi connectivity index (χ1n) is 32.8. The van der Waals surface area contributed by atoms with E-state index in [4.69, 9.17) is 9.47 Å². The first kappa shape index (κ1) is 74.2. The zero-order valence-electron chi connectivity index (χ0n) is 54.2. The normalized spacial score (nSPS) is 12.2. The molecular formula is C74H75BF12N2O4S4. The lowest BCUT2D eigenvalue weighted by atomic mass is 9.36. The van der Waals surface area contributed by atoms with Crippen LogP contribution < -0.4 is 30.8 Å². The highest BCUT2D eigenvalue weighted by atomic mass is 32.1. The summed E-state index contributed by atoms with van der Waals surface area (Å²) in [6.45, 7) is 7.61. The van der Waals surface area contributed by atoms with Gasteiger partial charge < -0.3 is 19.5 Å². The molecule has 5 aromatic carbocycles. The maximum absolute atomic E-state index is 14.8. The largest absolute Gasteiger partial charge is 0.494 e. The van der Waals surface area contributed by atoms with Gasteiger partial charge >= 0.3 is 30.7 Å². The van der Waals surface area contributed by atoms with E-state index in [1.54, 1.807) is 11.3 Å². The van der Waals surface area contributed by atoms with Crippen LogP contribution in [-0.2, 0) is 37.5 Å². The lowest BCUT2D eigenvalue weighted by Gasteiger charge is -2.26. The van der Waals surface area contributed by atoms with E-state index in [1.165, 1.54) is 17.4 Å². The van der Waals surface area contributed by atoms with Gasteiger partial charge in [0.2, 0.25) is 6.71 Å². The van der Waals surface area contributed by atoms with Crippen molar-refractivity contribution in [2.75, 3.05) is 18.1 Å². The van der Waals surface area contributed by atoms with E-state index < -0.39 is 70.6 Å². The molecule has 0 radical (unpaired) electrons. The number of ether oxygens (including phenoxy) is 2. The van der Waals surface area contributed by atoms with Crippen LogP contribution in [0.25, 0.3) is 39.8 Å². The van der Waals surface area contributed by atoms with Crippen LogP contribution in [0.4, 0.5) is 69.7 Å². The number of hydrogen-bond acceptors (Lipinski definition) is 9. The number of carboxylic acid groups (broad SMARTS) is 1. The zero-order valence-corrected chi connectivity index (χ0v) is 57.4. The fraction of sp³-hybridized carbons (Fsp3) is 0.378. The van der Waals surface area contributed by atoms with Crippen molar-refractivity contribution < 1.29 is 72.1 Å². The van der Waals surface area contributed by atoms with Crippen molar-refractivity contribution in [3.05, 3.63) is 172 Å². The van der Waals surface area contributed by atoms with Gasteiger partial charge in [0, 0.05) is 41.4 Å². The van der Waals surface area contributed by atoms with E-state index in [0.717, 1.165) is 187 Å². The van der Waals surface area contributed by atoms with Crippen LogP contribution in [0, 0.1) is 0 Å². The van der Waals surface area contributed by atoms with Crippen LogP contribution in [0.1, 0.15) is 173 Å². The highest BCUT2D eigenvalue weighted by molar-refractivity contribution is 7.30. The van der Waals surface area contributed by atoms with Crippen molar-refractivity contribution >= 4 is 91.5 Å². The molecule has 97 heavy (non-hydrogen) atoms. The molecule has 0 atom stereocenters. The average molecular weight is 1420 g/mol. The minimum Gasteiger partial charge on any atom is -0.494 e. The van der Waals surface area contributed by atoms with Gasteiger partial charge in [-0.3, -0.25) is 0 Å². The van der Waals surface area contributed by atoms with Crippen molar-refractivity contribution in [3.8, 4) is 51.3 Å². The molecule has 0 aliphatic heterocycles. The molecule has 9 rings (SSSR count). The Bertz CT molecular complexity index is 3820. The Labute approximate surface area is 574 Å². The molecule has 0 fully saturated rings. The van der Waals surface area contributed by atoms with Crippen molar-refractivity contribution in [1.82, 2.24) is 4.98 Å². The van der Waals surface area contributed by atoms with E-state index in [2.05, 4.69) is 67.9 Å². The number of halogens is 12. The number of unbranched alkanes of at least 4 members (excludes halogenated alkanes) is 12. The smallest absolute Gasteiger partial charge is 0.416 e. The molecule has 0 spiro atoms. The number of benzene rings is 5. The van der Waals surface area contributed by atoms with Crippen LogP contribution in [0.5, 0.6) is 11.5 Å². The average Bonchev–Trinajstić information content (AvgIpc) is 1.69. The van der Waals surface area contributed by atoms with Crippen LogP contribution in [0.15, 0.2) is 134 Å². The molecule has 1 N–H and O–H groups in total. The van der Waals surface area contributed by atoms with Gasteiger partial charge in [-0.05, 0) is 152 Å². The number of hydrogen-bond donors (Lipinski definition) is 1. The molecule has 0 unspecified atom stereocenters. The highest BCUT2D eigenvalue weighted by Crippen LogP contribution is 2.49. The van der Waals surface area contributed by atoms with Gasteiger partial charge in [-0.2, -0.15) is 52.7 Å². The summed E-state index contributed by atoms with van der Waals surface area (Å²) in [5, 5.41) is 9.91. The molecule has 0 amide bonds. The van der Waals surface area contributed by atoms with Gasteiger partial charge in [0.05, 0.1) is 46.5 Å². The predicted molar refractivity (Wildman–Crippen MR) is 372 cm³/mol. The van der Waals surface area contributed by atoms with Gasteiger partial charge in [-0.1, -0.05) is 152 Å². The Morgan fingerprint density at radius 1 is 0.443 bits per heavy atom. The van der Waals surface area contributed by atoms with Crippen LogP contribution >= 0.6 is 45.3 Å². The number of nitrogens with zero attached hydrogens (tertiary/aromatic N) is 2. The number of aromatic nitrogens is 1. The second kappa shape index (κ2) is 33.2. The fourth-order valence-corrected chi connectivity index (χ4v) is 16.3. The maximum atomic E-state index is 14.8. The minimum absolute atomic E-state index is 0.0953. The topological polar surface area (TPSA) is 71.9 Å². The Kier molecular flexibility index (Phi) is 25.4. The monoisotopic (exact) mass is 1420 g/mol. The number of anilines is 3. The third kappa shape index (κ3) is 19.4. The predicted octanol–water partition coefficient (Wildman–Crippen LogP) is 23.9. The Morgan fingerprint density at radius 3 is 1.24 bits per heavy atom. The standard InChI is InChI=1S/C74H75BF12N2O4S4/c1-5-9-13-17-21-48-38-64(96-66(48)47-23-25-56(26-24-47)89(57-27-31-59(32-28-57)92-35-19-15-11-7-3)58-29-33-60(34-30-58)93-36-20-16-12-8-4)67-49(22-18-14-10-6-2)37-62(94-67)63-45-61(68(95-63)69-88-46-65(97-69)70(90)91)75(54-41-50(71(76,77)78)39-51(42-54)72(79,80)81)55-43-52(73(82,83)84)40-53(44-55)74(85,86)87/h23-34,37-46H,5-22,35-36H2,1-4H3,(H,90,91). The number of alkyl halides is 12. The number of rotatable bonds is 33. The van der Waals surface area contributed by atoms with Gasteiger partial charge in [-0.15, -0.1) is 45.3 Å². The molecule has 0 saturated heterocycles. The SMILES string of the molecule is CCCCCCOc1ccc(N(c2ccc(OCCCCCC)cc2)c2ccc(-c3sc(-c4sc(-c5cc(B(c6cc(C(F)(F)F)cc(C(F)(F)F)c6)c6cc(C(F)(F)F)cc(C(F)(F)F)c6)c(-c6ncc(C(=O)O)s6)s5)cc4CCCCCC)cc3CCCCCC)cc2)cc1. The third-order valence-corrected chi connectivity index (χ3v) is 21.7. The van der Waals surface area contributed by atoms with Gasteiger partial charge in [0.25, 0.3) is 0 Å². The molecule has 23 heteroatoms. The summed E-state index contributed by atoms with van der Waals surface area (Å²) in [5.41, 5.74) is -3.96. The van der Waals surface area contributed by atoms with Crippen LogP contribution in [0.3, 0.4) is 0 Å². The minimum atomic E-state index is -5.48. The molecule has 516 valence electrons. The van der Waals surface area contributed by atoms with Crippen molar-refractivity contribution in [3.63, 3.8) is 0 Å². The first-order chi connectivity index (χ1) is 46.3. The summed E-state index contributed by atoms with van der Waals surface area (Å²) in [5.74, 6) is 0.0944. The van der Waals surface area contributed by atoms with Crippen molar-refractivity contribution in [1.29, 1.82) is 0 Å². The number of thiazole rings is 1.